The van der Waals surface area contributed by atoms with Crippen LogP contribution in [0.4, 0.5) is 11.4 Å². The number of hydrogen-bond acceptors (Lipinski definition) is 1. The Morgan fingerprint density at radius 3 is 1.80 bits per heavy atom. The molecule has 0 radical (unpaired) electrons. The Kier molecular flexibility index (Phi) is 2.20. The van der Waals surface area contributed by atoms with E-state index in [1.54, 1.807) is 7.22 Å². The van der Waals surface area contributed by atoms with Gasteiger partial charge in [-0.3, -0.25) is 0 Å². The van der Waals surface area contributed by atoms with Gasteiger partial charge in [0.2, 0.25) is 0 Å². The molecule has 0 saturated carbocycles. The predicted octanol–water partition coefficient (Wildman–Crippen LogP) is 1.42. The Balaban J connectivity index is 2.20. The summed E-state index contributed by atoms with van der Waals surface area (Å²) in [4.78, 5) is 2.30. The molecule has 2 aromatic carbocycles. The summed E-state index contributed by atoms with van der Waals surface area (Å²) in [6, 6.07) is 17.5. The fraction of sp³-hybridized carbons (Fsp3) is 0.0769. The fourth-order valence-electron chi connectivity index (χ4n) is 1.89. The Labute approximate surface area is 99.8 Å². The van der Waals surface area contributed by atoms with Crippen molar-refractivity contribution in [2.75, 3.05) is 11.9 Å². The van der Waals surface area contributed by atoms with Crippen LogP contribution in [0.5, 0.6) is 0 Å². The van der Waals surface area contributed by atoms with Gasteiger partial charge in [-0.05, 0) is 0 Å². The fourth-order valence-corrected chi connectivity index (χ4v) is 5.17. The van der Waals surface area contributed by atoms with E-state index >= 15 is 0 Å². The molecule has 0 amide bonds. The van der Waals surface area contributed by atoms with Crippen LogP contribution in [-0.2, 0) is 0 Å². The van der Waals surface area contributed by atoms with Gasteiger partial charge in [-0.15, -0.1) is 0 Å². The SMILES string of the molecule is CN1c2ccccc2[Te]c2ccccc21. The number of rotatable bonds is 0. The van der Waals surface area contributed by atoms with Crippen molar-refractivity contribution in [3.63, 3.8) is 0 Å². The van der Waals surface area contributed by atoms with Crippen molar-refractivity contribution in [1.82, 2.24) is 0 Å². The molecular weight excluding hydrogens is 298 g/mol. The average molecular weight is 309 g/mol. The van der Waals surface area contributed by atoms with Crippen LogP contribution < -0.4 is 12.1 Å². The van der Waals surface area contributed by atoms with Crippen LogP contribution in [0.1, 0.15) is 0 Å². The van der Waals surface area contributed by atoms with E-state index in [1.807, 2.05) is 0 Å². The van der Waals surface area contributed by atoms with Crippen molar-refractivity contribution in [3.8, 4) is 0 Å². The summed E-state index contributed by atoms with van der Waals surface area (Å²) >= 11 is -0.184. The van der Waals surface area contributed by atoms with Crippen molar-refractivity contribution < 1.29 is 0 Å². The molecule has 0 spiro atoms. The van der Waals surface area contributed by atoms with Crippen LogP contribution in [0, 0.1) is 0 Å². The second-order valence-electron chi connectivity index (χ2n) is 3.60. The summed E-state index contributed by atoms with van der Waals surface area (Å²) in [5.74, 6) is 0. The van der Waals surface area contributed by atoms with Gasteiger partial charge < -0.3 is 0 Å². The van der Waals surface area contributed by atoms with E-state index in [-0.39, 0.29) is 20.9 Å². The van der Waals surface area contributed by atoms with E-state index in [2.05, 4.69) is 60.5 Å². The molecule has 0 saturated heterocycles. The van der Waals surface area contributed by atoms with Crippen molar-refractivity contribution in [3.05, 3.63) is 48.5 Å². The van der Waals surface area contributed by atoms with Crippen LogP contribution in [0.15, 0.2) is 48.5 Å². The number of nitrogens with zero attached hydrogens (tertiary/aromatic N) is 1. The standard InChI is InChI=1S/C13H11NTe/c1-14-10-6-2-4-8-12(10)15-13-9-5-3-7-11(13)14/h2-9H,1H3. The zero-order chi connectivity index (χ0) is 10.3. The van der Waals surface area contributed by atoms with E-state index in [1.165, 1.54) is 11.4 Å². The topological polar surface area (TPSA) is 3.24 Å². The van der Waals surface area contributed by atoms with Crippen molar-refractivity contribution >= 4 is 39.5 Å². The first kappa shape index (κ1) is 9.27. The molecule has 15 heavy (non-hydrogen) atoms. The van der Waals surface area contributed by atoms with E-state index in [9.17, 15) is 0 Å². The summed E-state index contributed by atoms with van der Waals surface area (Å²) in [5.41, 5.74) is 2.78. The van der Waals surface area contributed by atoms with Gasteiger partial charge in [0.15, 0.2) is 0 Å². The number of para-hydroxylation sites is 2. The maximum atomic E-state index is 2.30. The van der Waals surface area contributed by atoms with Crippen molar-refractivity contribution in [2.45, 2.75) is 0 Å². The summed E-state index contributed by atoms with van der Waals surface area (Å²) in [6.07, 6.45) is 0. The van der Waals surface area contributed by atoms with Crippen LogP contribution in [0.3, 0.4) is 0 Å². The summed E-state index contributed by atoms with van der Waals surface area (Å²) in [5, 5.41) is 0. The molecule has 0 aliphatic carbocycles. The second kappa shape index (κ2) is 3.56. The summed E-state index contributed by atoms with van der Waals surface area (Å²) < 4.78 is 3.09. The summed E-state index contributed by atoms with van der Waals surface area (Å²) in [7, 11) is 2.16. The molecule has 74 valence electrons. The molecule has 0 aromatic heterocycles. The molecule has 1 aliphatic rings. The molecule has 3 rings (SSSR count). The molecule has 0 atom stereocenters. The van der Waals surface area contributed by atoms with E-state index < -0.39 is 0 Å². The first-order valence-corrected chi connectivity index (χ1v) is 7.29. The third-order valence-electron chi connectivity index (χ3n) is 2.67. The van der Waals surface area contributed by atoms with Gasteiger partial charge in [0.1, 0.15) is 0 Å². The molecule has 0 unspecified atom stereocenters. The van der Waals surface area contributed by atoms with E-state index in [0.717, 1.165) is 0 Å². The number of fused-ring (bicyclic) bond motifs is 2. The molecule has 1 heterocycles. The first-order chi connectivity index (χ1) is 7.36. The zero-order valence-corrected chi connectivity index (χ0v) is 10.8. The van der Waals surface area contributed by atoms with Gasteiger partial charge in [0.05, 0.1) is 0 Å². The van der Waals surface area contributed by atoms with Crippen LogP contribution in [0.25, 0.3) is 0 Å². The molecule has 2 heteroatoms. The Morgan fingerprint density at radius 1 is 0.800 bits per heavy atom. The molecular formula is C13H11NTe. The van der Waals surface area contributed by atoms with Crippen LogP contribution >= 0.6 is 0 Å². The Morgan fingerprint density at radius 2 is 1.27 bits per heavy atom. The van der Waals surface area contributed by atoms with Crippen molar-refractivity contribution in [2.24, 2.45) is 0 Å². The second-order valence-corrected chi connectivity index (χ2v) is 6.69. The molecule has 1 nitrogen and oxygen atoms in total. The number of hydrogen-bond donors (Lipinski definition) is 0. The molecule has 2 aromatic rings. The summed E-state index contributed by atoms with van der Waals surface area (Å²) in [6.45, 7) is 0. The zero-order valence-electron chi connectivity index (χ0n) is 8.47. The Hall–Kier alpha value is -0.970. The average Bonchev–Trinajstić information content (AvgIpc) is 2.30. The van der Waals surface area contributed by atoms with Crippen LogP contribution in [-0.4, -0.2) is 28.0 Å². The van der Waals surface area contributed by atoms with Crippen LogP contribution in [0.2, 0.25) is 0 Å². The first-order valence-electron chi connectivity index (χ1n) is 4.96. The molecule has 0 N–H and O–H groups in total. The normalized spacial score (nSPS) is 13.3. The maximum absolute atomic E-state index is 2.30. The van der Waals surface area contributed by atoms with Crippen molar-refractivity contribution in [1.29, 1.82) is 0 Å². The van der Waals surface area contributed by atoms with E-state index in [0.29, 0.717) is 0 Å². The van der Waals surface area contributed by atoms with E-state index in [4.69, 9.17) is 0 Å². The predicted molar refractivity (Wildman–Crippen MR) is 66.0 cm³/mol. The van der Waals surface area contributed by atoms with Gasteiger partial charge in [-0.2, -0.15) is 0 Å². The third kappa shape index (κ3) is 1.45. The minimum absolute atomic E-state index is 0.184. The van der Waals surface area contributed by atoms with Gasteiger partial charge in [-0.1, -0.05) is 0 Å². The quantitative estimate of drug-likeness (QED) is 0.666. The molecule has 0 fully saturated rings. The Bertz CT molecular complexity index is 462. The third-order valence-corrected chi connectivity index (χ3v) is 5.90. The number of benzene rings is 2. The minimum atomic E-state index is -0.184. The number of anilines is 2. The molecule has 0 bridgehead atoms. The monoisotopic (exact) mass is 311 g/mol. The van der Waals surface area contributed by atoms with Gasteiger partial charge in [0, 0.05) is 0 Å². The van der Waals surface area contributed by atoms with Gasteiger partial charge in [-0.25, -0.2) is 0 Å². The molecule has 1 aliphatic heterocycles. The van der Waals surface area contributed by atoms with Gasteiger partial charge in [0.25, 0.3) is 0 Å². The van der Waals surface area contributed by atoms with Gasteiger partial charge >= 0.3 is 100.0 Å².